The van der Waals surface area contributed by atoms with Crippen molar-refractivity contribution in [2.45, 2.75) is 27.7 Å². The molecule has 1 aromatic heterocycles. The average Bonchev–Trinajstić information content (AvgIpc) is 2.93. The van der Waals surface area contributed by atoms with Crippen LogP contribution < -0.4 is 19.7 Å². The molecule has 4 heteroatoms. The van der Waals surface area contributed by atoms with Gasteiger partial charge in [0.15, 0.2) is 0 Å². The lowest BCUT2D eigenvalue weighted by Crippen LogP contribution is -2.57. The number of hydrogen-bond acceptors (Lipinski definition) is 2. The van der Waals surface area contributed by atoms with Gasteiger partial charge in [-0.05, 0) is 63.1 Å². The van der Waals surface area contributed by atoms with E-state index in [2.05, 4.69) is 111 Å². The lowest BCUT2D eigenvalue weighted by Gasteiger charge is -2.24. The molecule has 4 rings (SSSR count). The van der Waals surface area contributed by atoms with Gasteiger partial charge in [-0.2, -0.15) is 0 Å². The first-order valence-electron chi connectivity index (χ1n) is 9.55. The monoisotopic (exact) mass is 356 g/mol. The molecular formula is C23H27BN3+. The van der Waals surface area contributed by atoms with Gasteiger partial charge in [0.25, 0.3) is 5.82 Å². The van der Waals surface area contributed by atoms with Gasteiger partial charge in [-0.25, -0.2) is 4.57 Å². The number of aryl methyl sites for hydroxylation is 5. The second-order valence-electron chi connectivity index (χ2n) is 7.73. The van der Waals surface area contributed by atoms with Gasteiger partial charge in [-0.3, -0.25) is 4.81 Å². The molecule has 0 amide bonds. The minimum Gasteiger partial charge on any atom is -0.369 e. The van der Waals surface area contributed by atoms with Gasteiger partial charge in [-0.1, -0.05) is 36.4 Å². The van der Waals surface area contributed by atoms with E-state index < -0.39 is 0 Å². The van der Waals surface area contributed by atoms with E-state index in [1.807, 2.05) is 0 Å². The van der Waals surface area contributed by atoms with E-state index in [0.717, 1.165) is 0 Å². The Morgan fingerprint density at radius 1 is 0.741 bits per heavy atom. The van der Waals surface area contributed by atoms with Crippen molar-refractivity contribution in [3.63, 3.8) is 0 Å². The number of nitrogens with zero attached hydrogens (tertiary/aromatic N) is 3. The van der Waals surface area contributed by atoms with Crippen LogP contribution in [0.5, 0.6) is 0 Å². The van der Waals surface area contributed by atoms with Crippen molar-refractivity contribution in [1.29, 1.82) is 0 Å². The number of anilines is 3. The predicted octanol–water partition coefficient (Wildman–Crippen LogP) is 3.73. The van der Waals surface area contributed by atoms with E-state index in [1.165, 1.54) is 44.9 Å². The molecule has 1 aliphatic heterocycles. The molecule has 0 unspecified atom stereocenters. The first-order valence-corrected chi connectivity index (χ1v) is 9.55. The molecule has 0 saturated carbocycles. The Labute approximate surface area is 163 Å². The van der Waals surface area contributed by atoms with Crippen LogP contribution in [0.2, 0.25) is 0 Å². The summed E-state index contributed by atoms with van der Waals surface area (Å²) in [6.07, 6.45) is 2.13. The van der Waals surface area contributed by atoms with Crippen LogP contribution in [0.1, 0.15) is 22.3 Å². The fourth-order valence-electron chi connectivity index (χ4n) is 4.51. The molecule has 0 aliphatic carbocycles. The maximum absolute atomic E-state index is 2.51. The summed E-state index contributed by atoms with van der Waals surface area (Å²) in [6.45, 7) is 9.01. The lowest BCUT2D eigenvalue weighted by molar-refractivity contribution is -0.658. The van der Waals surface area contributed by atoms with E-state index in [9.17, 15) is 0 Å². The van der Waals surface area contributed by atoms with Crippen LogP contribution in [0.3, 0.4) is 0 Å². The zero-order chi connectivity index (χ0) is 19.3. The summed E-state index contributed by atoms with van der Waals surface area (Å²) in [4.78, 5) is 4.95. The van der Waals surface area contributed by atoms with Crippen LogP contribution in [0.15, 0.2) is 54.7 Å². The fraction of sp³-hybridized carbons (Fsp3) is 0.261. The highest BCUT2D eigenvalue weighted by atomic mass is 15.3. The average molecular weight is 356 g/mol. The largest absolute Gasteiger partial charge is 0.538 e. The van der Waals surface area contributed by atoms with Gasteiger partial charge in [0, 0.05) is 11.5 Å². The van der Waals surface area contributed by atoms with Crippen molar-refractivity contribution in [3.05, 3.63) is 77.0 Å². The van der Waals surface area contributed by atoms with Crippen molar-refractivity contribution >= 4 is 29.6 Å². The molecule has 0 atom stereocenters. The van der Waals surface area contributed by atoms with Crippen molar-refractivity contribution in [2.75, 3.05) is 16.7 Å². The van der Waals surface area contributed by atoms with E-state index in [4.69, 9.17) is 0 Å². The third-order valence-electron chi connectivity index (χ3n) is 5.83. The molecule has 0 bridgehead atoms. The van der Waals surface area contributed by atoms with Gasteiger partial charge in [-0.15, -0.1) is 0 Å². The Morgan fingerprint density at radius 2 is 1.37 bits per heavy atom. The second kappa shape index (κ2) is 6.45. The zero-order valence-electron chi connectivity index (χ0n) is 17.1. The molecule has 0 fully saturated rings. The number of fused-ring (bicyclic) bond motifs is 1. The van der Waals surface area contributed by atoms with Crippen LogP contribution in [0, 0.1) is 27.7 Å². The number of hydrogen-bond donors (Lipinski definition) is 0. The molecule has 0 spiro atoms. The van der Waals surface area contributed by atoms with Crippen molar-refractivity contribution in [3.8, 4) is 0 Å². The maximum atomic E-state index is 2.51. The van der Waals surface area contributed by atoms with E-state index in [-0.39, 0.29) is 6.98 Å². The molecule has 2 aromatic carbocycles. The number of rotatable bonds is 2. The zero-order valence-corrected chi connectivity index (χ0v) is 17.1. The predicted molar refractivity (Wildman–Crippen MR) is 115 cm³/mol. The highest BCUT2D eigenvalue weighted by Gasteiger charge is 2.51. The standard InChI is InChI=1S/C23H27BN3/c1-16-10-9-11-17(2)21(16)24-26(6)22-18(3)13-14-19(4)23(22)27(24)20-12-7-8-15-25(20)5/h7-15H,1-6H3/q+1. The Hall–Kier alpha value is -2.75. The Bertz CT molecular complexity index is 1010. The molecular weight excluding hydrogens is 329 g/mol. The SMILES string of the molecule is Cc1cccc(C)c1B1N(C)c2c(C)ccc(C)c2N1c1cccc[n+]1C. The molecule has 27 heavy (non-hydrogen) atoms. The Balaban J connectivity index is 2.05. The quantitative estimate of drug-likeness (QED) is 0.512. The van der Waals surface area contributed by atoms with Crippen LogP contribution in [-0.2, 0) is 7.05 Å². The summed E-state index contributed by atoms with van der Waals surface area (Å²) >= 11 is 0. The highest BCUT2D eigenvalue weighted by molar-refractivity contribution is 6.83. The smallest absolute Gasteiger partial charge is 0.369 e. The first kappa shape index (κ1) is 17.7. The maximum Gasteiger partial charge on any atom is 0.538 e. The third kappa shape index (κ3) is 2.63. The molecule has 1 aliphatic rings. The van der Waals surface area contributed by atoms with Gasteiger partial charge in [0.2, 0.25) is 0 Å². The molecule has 0 saturated heterocycles. The van der Waals surface area contributed by atoms with Crippen LogP contribution in [-0.4, -0.2) is 14.0 Å². The fourth-order valence-corrected chi connectivity index (χ4v) is 4.51. The lowest BCUT2D eigenvalue weighted by atomic mass is 9.62. The highest BCUT2D eigenvalue weighted by Crippen LogP contribution is 2.45. The van der Waals surface area contributed by atoms with Gasteiger partial charge in [0.1, 0.15) is 5.69 Å². The first-order chi connectivity index (χ1) is 12.9. The second-order valence-corrected chi connectivity index (χ2v) is 7.73. The van der Waals surface area contributed by atoms with Crippen molar-refractivity contribution < 1.29 is 4.57 Å². The van der Waals surface area contributed by atoms with Crippen molar-refractivity contribution in [2.24, 2.45) is 7.05 Å². The van der Waals surface area contributed by atoms with Crippen molar-refractivity contribution in [1.82, 2.24) is 0 Å². The summed E-state index contributed by atoms with van der Waals surface area (Å²) < 4.78 is 2.21. The van der Waals surface area contributed by atoms with Gasteiger partial charge >= 0.3 is 6.98 Å². The van der Waals surface area contributed by atoms with Crippen LogP contribution in [0.4, 0.5) is 17.2 Å². The topological polar surface area (TPSA) is 10.4 Å². The normalized spacial score (nSPS) is 13.3. The summed E-state index contributed by atoms with van der Waals surface area (Å²) in [6, 6.07) is 17.5. The summed E-state index contributed by atoms with van der Waals surface area (Å²) in [5.41, 5.74) is 9.31. The Kier molecular flexibility index (Phi) is 4.22. The molecule has 2 heterocycles. The summed E-state index contributed by atoms with van der Waals surface area (Å²) in [7, 11) is 4.35. The number of pyridine rings is 1. The number of aromatic nitrogens is 1. The molecule has 0 N–H and O–H groups in total. The van der Waals surface area contributed by atoms with Gasteiger partial charge in [0.05, 0.1) is 18.9 Å². The molecule has 3 nitrogen and oxygen atoms in total. The molecule has 0 radical (unpaired) electrons. The molecule has 136 valence electrons. The molecule has 3 aromatic rings. The van der Waals surface area contributed by atoms with Gasteiger partial charge < -0.3 is 4.81 Å². The van der Waals surface area contributed by atoms with E-state index in [0.29, 0.717) is 0 Å². The Morgan fingerprint density at radius 3 is 2.00 bits per heavy atom. The summed E-state index contributed by atoms with van der Waals surface area (Å²) in [5, 5.41) is 0. The third-order valence-corrected chi connectivity index (χ3v) is 5.83. The van der Waals surface area contributed by atoms with E-state index >= 15 is 0 Å². The number of benzene rings is 2. The minimum atomic E-state index is 0.134. The summed E-state index contributed by atoms with van der Waals surface area (Å²) in [5.74, 6) is 1.20. The van der Waals surface area contributed by atoms with E-state index in [1.54, 1.807) is 0 Å². The van der Waals surface area contributed by atoms with Crippen LogP contribution >= 0.6 is 0 Å². The minimum absolute atomic E-state index is 0.134. The van der Waals surface area contributed by atoms with Crippen LogP contribution in [0.25, 0.3) is 0 Å².